The van der Waals surface area contributed by atoms with Gasteiger partial charge in [-0.3, -0.25) is 0 Å². The molecule has 0 saturated carbocycles. The molecule has 1 aromatic heterocycles. The Morgan fingerprint density at radius 1 is 1.19 bits per heavy atom. The Morgan fingerprint density at radius 2 is 1.90 bits per heavy atom. The molecule has 0 radical (unpaired) electrons. The van der Waals surface area contributed by atoms with Crippen molar-refractivity contribution >= 4 is 29.0 Å². The van der Waals surface area contributed by atoms with Crippen LogP contribution in [0.5, 0.6) is 5.75 Å². The van der Waals surface area contributed by atoms with Crippen molar-refractivity contribution in [1.82, 2.24) is 10.3 Å². The maximum atomic E-state index is 9.91. The molecular formula is C15H17Cl2N3O. The summed E-state index contributed by atoms with van der Waals surface area (Å²) < 4.78 is 0. The first-order chi connectivity index (χ1) is 9.99. The van der Waals surface area contributed by atoms with Crippen molar-refractivity contribution in [2.24, 2.45) is 0 Å². The zero-order valence-corrected chi connectivity index (χ0v) is 13.4. The highest BCUT2D eigenvalue weighted by Gasteiger charge is 2.09. The minimum Gasteiger partial charge on any atom is -0.506 e. The second kappa shape index (κ2) is 6.98. The van der Waals surface area contributed by atoms with Crippen molar-refractivity contribution in [3.63, 3.8) is 0 Å². The van der Waals surface area contributed by atoms with Crippen LogP contribution in [-0.4, -0.2) is 24.2 Å². The molecule has 2 rings (SSSR count). The van der Waals surface area contributed by atoms with E-state index in [4.69, 9.17) is 23.2 Å². The van der Waals surface area contributed by atoms with Gasteiger partial charge in [0.25, 0.3) is 0 Å². The van der Waals surface area contributed by atoms with Crippen LogP contribution in [0.1, 0.15) is 11.1 Å². The number of nitrogens with zero attached hydrogens (tertiary/aromatic N) is 2. The fraction of sp³-hybridized carbons (Fsp3) is 0.267. The van der Waals surface area contributed by atoms with Crippen LogP contribution in [0.15, 0.2) is 30.5 Å². The highest BCUT2D eigenvalue weighted by atomic mass is 35.5. The third kappa shape index (κ3) is 4.00. The number of hydrogen-bond acceptors (Lipinski definition) is 4. The van der Waals surface area contributed by atoms with Crippen molar-refractivity contribution in [2.75, 3.05) is 19.0 Å². The van der Waals surface area contributed by atoms with Crippen molar-refractivity contribution in [2.45, 2.75) is 13.1 Å². The van der Waals surface area contributed by atoms with Crippen molar-refractivity contribution in [3.05, 3.63) is 51.6 Å². The Kier molecular flexibility index (Phi) is 5.28. The number of hydrogen-bond donors (Lipinski definition) is 2. The molecule has 0 aliphatic rings. The van der Waals surface area contributed by atoms with Gasteiger partial charge in [-0.25, -0.2) is 4.98 Å². The van der Waals surface area contributed by atoms with E-state index in [9.17, 15) is 5.11 Å². The molecule has 0 bridgehead atoms. The molecule has 4 nitrogen and oxygen atoms in total. The first-order valence-corrected chi connectivity index (χ1v) is 7.23. The quantitative estimate of drug-likeness (QED) is 0.884. The highest BCUT2D eigenvalue weighted by molar-refractivity contribution is 6.35. The molecule has 21 heavy (non-hydrogen) atoms. The largest absolute Gasteiger partial charge is 0.506 e. The van der Waals surface area contributed by atoms with Crippen LogP contribution in [-0.2, 0) is 13.1 Å². The van der Waals surface area contributed by atoms with E-state index in [0.29, 0.717) is 23.7 Å². The second-order valence-corrected chi connectivity index (χ2v) is 5.72. The number of benzene rings is 1. The molecule has 0 fully saturated rings. The average Bonchev–Trinajstić information content (AvgIpc) is 2.44. The molecule has 6 heteroatoms. The summed E-state index contributed by atoms with van der Waals surface area (Å²) in [5.41, 5.74) is 1.75. The Bertz CT molecular complexity index is 632. The lowest BCUT2D eigenvalue weighted by atomic mass is 10.2. The number of halogens is 2. The Balaban J connectivity index is 2.06. The van der Waals surface area contributed by atoms with E-state index in [0.717, 1.165) is 11.4 Å². The first-order valence-electron chi connectivity index (χ1n) is 6.48. The molecule has 0 saturated heterocycles. The van der Waals surface area contributed by atoms with Gasteiger partial charge in [0.05, 0.1) is 5.02 Å². The fourth-order valence-corrected chi connectivity index (χ4v) is 2.59. The van der Waals surface area contributed by atoms with Gasteiger partial charge in [-0.05, 0) is 18.2 Å². The van der Waals surface area contributed by atoms with Crippen LogP contribution >= 0.6 is 23.2 Å². The lowest BCUT2D eigenvalue weighted by molar-refractivity contribution is 0.464. The van der Waals surface area contributed by atoms with Gasteiger partial charge in [-0.1, -0.05) is 29.3 Å². The molecule has 2 aromatic rings. The zero-order chi connectivity index (χ0) is 15.4. The van der Waals surface area contributed by atoms with Crippen LogP contribution in [0.3, 0.4) is 0 Å². The van der Waals surface area contributed by atoms with E-state index in [1.165, 1.54) is 6.07 Å². The molecule has 0 amide bonds. The number of phenols is 1. The predicted octanol–water partition coefficient (Wildman–Crippen LogP) is 3.45. The number of pyridine rings is 1. The van der Waals surface area contributed by atoms with Crippen LogP contribution in [0, 0.1) is 0 Å². The topological polar surface area (TPSA) is 48.4 Å². The van der Waals surface area contributed by atoms with E-state index in [2.05, 4.69) is 10.3 Å². The normalized spacial score (nSPS) is 10.7. The summed E-state index contributed by atoms with van der Waals surface area (Å²) in [5, 5.41) is 13.9. The Hall–Kier alpha value is -1.49. The van der Waals surface area contributed by atoms with E-state index in [1.54, 1.807) is 12.3 Å². The van der Waals surface area contributed by atoms with Crippen molar-refractivity contribution in [3.8, 4) is 5.75 Å². The summed E-state index contributed by atoms with van der Waals surface area (Å²) in [7, 11) is 3.91. The molecule has 0 aliphatic heterocycles. The van der Waals surface area contributed by atoms with E-state index in [-0.39, 0.29) is 10.8 Å². The van der Waals surface area contributed by atoms with Gasteiger partial charge in [0.2, 0.25) is 0 Å². The maximum absolute atomic E-state index is 9.91. The number of anilines is 1. The standard InChI is InChI=1S/C15H17Cl2N3O/c1-20(2)15-10(4-3-5-19-15)8-18-9-11-6-12(16)7-13(17)14(11)21/h3-7,18,21H,8-9H2,1-2H3. The van der Waals surface area contributed by atoms with Gasteiger partial charge in [0.15, 0.2) is 0 Å². The molecule has 0 unspecified atom stereocenters. The van der Waals surface area contributed by atoms with Crippen LogP contribution in [0.2, 0.25) is 10.0 Å². The van der Waals surface area contributed by atoms with E-state index >= 15 is 0 Å². The summed E-state index contributed by atoms with van der Waals surface area (Å²) in [6.07, 6.45) is 1.77. The molecule has 1 aromatic carbocycles. The Labute approximate surface area is 134 Å². The van der Waals surface area contributed by atoms with Crippen LogP contribution in [0.4, 0.5) is 5.82 Å². The van der Waals surface area contributed by atoms with Gasteiger partial charge < -0.3 is 15.3 Å². The number of aromatic hydroxyl groups is 1. The molecular weight excluding hydrogens is 309 g/mol. The summed E-state index contributed by atoms with van der Waals surface area (Å²) in [6.45, 7) is 1.10. The molecule has 0 spiro atoms. The minimum absolute atomic E-state index is 0.0626. The third-order valence-corrected chi connectivity index (χ3v) is 3.54. The van der Waals surface area contributed by atoms with E-state index < -0.39 is 0 Å². The number of phenolic OH excluding ortho intramolecular Hbond substituents is 1. The summed E-state index contributed by atoms with van der Waals surface area (Å²) in [4.78, 5) is 6.31. The van der Waals surface area contributed by atoms with Gasteiger partial charge >= 0.3 is 0 Å². The molecule has 1 heterocycles. The lowest BCUT2D eigenvalue weighted by Crippen LogP contribution is -2.18. The molecule has 2 N–H and O–H groups in total. The van der Waals surface area contributed by atoms with Crippen molar-refractivity contribution < 1.29 is 5.11 Å². The summed E-state index contributed by atoms with van der Waals surface area (Å²) in [6, 6.07) is 7.14. The molecule has 0 atom stereocenters. The highest BCUT2D eigenvalue weighted by Crippen LogP contribution is 2.31. The molecule has 112 valence electrons. The van der Waals surface area contributed by atoms with Crippen LogP contribution in [0.25, 0.3) is 0 Å². The number of aromatic nitrogens is 1. The second-order valence-electron chi connectivity index (χ2n) is 4.88. The monoisotopic (exact) mass is 325 g/mol. The smallest absolute Gasteiger partial charge is 0.138 e. The van der Waals surface area contributed by atoms with Gasteiger partial charge in [0, 0.05) is 49.5 Å². The third-order valence-electron chi connectivity index (χ3n) is 3.03. The summed E-state index contributed by atoms with van der Waals surface area (Å²) in [5.74, 6) is 0.978. The van der Waals surface area contributed by atoms with Gasteiger partial charge in [-0.2, -0.15) is 0 Å². The maximum Gasteiger partial charge on any atom is 0.138 e. The fourth-order valence-electron chi connectivity index (χ4n) is 2.06. The van der Waals surface area contributed by atoms with Gasteiger partial charge in [0.1, 0.15) is 11.6 Å². The lowest BCUT2D eigenvalue weighted by Gasteiger charge is -2.16. The van der Waals surface area contributed by atoms with Gasteiger partial charge in [-0.15, -0.1) is 0 Å². The average molecular weight is 326 g/mol. The first kappa shape index (κ1) is 15.9. The SMILES string of the molecule is CN(C)c1ncccc1CNCc1cc(Cl)cc(Cl)c1O. The minimum atomic E-state index is 0.0626. The number of nitrogens with one attached hydrogen (secondary N) is 1. The number of rotatable bonds is 5. The zero-order valence-electron chi connectivity index (χ0n) is 11.9. The summed E-state index contributed by atoms with van der Waals surface area (Å²) >= 11 is 11.8. The van der Waals surface area contributed by atoms with Crippen molar-refractivity contribution in [1.29, 1.82) is 0 Å². The predicted molar refractivity (Wildman–Crippen MR) is 87.2 cm³/mol. The van der Waals surface area contributed by atoms with Crippen LogP contribution < -0.4 is 10.2 Å². The Morgan fingerprint density at radius 3 is 2.62 bits per heavy atom. The van der Waals surface area contributed by atoms with E-state index in [1.807, 2.05) is 31.1 Å². The molecule has 0 aliphatic carbocycles.